The lowest BCUT2D eigenvalue weighted by Gasteiger charge is -2.58. The highest BCUT2D eigenvalue weighted by Crippen LogP contribution is 2.67. The number of hydrogen-bond acceptors (Lipinski definition) is 2. The van der Waals surface area contributed by atoms with E-state index in [-0.39, 0.29) is 18.0 Å². The zero-order chi connectivity index (χ0) is 18.7. The first-order valence-corrected chi connectivity index (χ1v) is 10.3. The van der Waals surface area contributed by atoms with Crippen LogP contribution in [0.15, 0.2) is 11.1 Å². The molecule has 2 saturated carbocycles. The summed E-state index contributed by atoms with van der Waals surface area (Å²) in [5.41, 5.74) is 1.45. The fourth-order valence-electron chi connectivity index (χ4n) is 7.40. The van der Waals surface area contributed by atoms with E-state index in [9.17, 15) is 14.3 Å². The van der Waals surface area contributed by atoms with Crippen LogP contribution in [0.1, 0.15) is 65.2 Å². The minimum absolute atomic E-state index is 0.227. The predicted octanol–water partition coefficient (Wildman–Crippen LogP) is 4.47. The van der Waals surface area contributed by atoms with E-state index in [1.165, 1.54) is 11.1 Å². The van der Waals surface area contributed by atoms with Crippen molar-refractivity contribution in [2.24, 2.45) is 35.0 Å². The van der Waals surface area contributed by atoms with Crippen molar-refractivity contribution >= 4 is 5.78 Å². The van der Waals surface area contributed by atoms with Crippen LogP contribution >= 0.6 is 0 Å². The van der Waals surface area contributed by atoms with Gasteiger partial charge in [0.25, 0.3) is 0 Å². The van der Waals surface area contributed by atoms with Crippen molar-refractivity contribution in [3.05, 3.63) is 11.1 Å². The molecular weight excluding hydrogens is 327 g/mol. The number of rotatable bonds is 2. The fourth-order valence-corrected chi connectivity index (χ4v) is 7.40. The molecule has 3 heteroatoms. The SMILES string of the molecule is C#C[C@]1(O)CCC2C3C(C4=C(CC(=O)CC4)C[C@H]3C)[C@@H](CCF)C[C@@]21C. The molecule has 4 aliphatic rings. The molecule has 0 aromatic rings. The van der Waals surface area contributed by atoms with Gasteiger partial charge in [0, 0.05) is 18.3 Å². The summed E-state index contributed by atoms with van der Waals surface area (Å²) in [4.78, 5) is 12.0. The smallest absolute Gasteiger partial charge is 0.137 e. The van der Waals surface area contributed by atoms with Crippen LogP contribution in [0.4, 0.5) is 4.39 Å². The largest absolute Gasteiger partial charge is 0.377 e. The maximum absolute atomic E-state index is 13.5. The number of carbonyl (C=O) groups is 1. The number of Topliss-reactive ketones (excluding diaryl/α,β-unsaturated/α-hetero) is 1. The summed E-state index contributed by atoms with van der Waals surface area (Å²) >= 11 is 0. The summed E-state index contributed by atoms with van der Waals surface area (Å²) in [7, 11) is 0. The number of terminal acetylenes is 1. The molecule has 2 fully saturated rings. The van der Waals surface area contributed by atoms with Gasteiger partial charge in [-0.3, -0.25) is 9.18 Å². The van der Waals surface area contributed by atoms with Gasteiger partial charge in [-0.15, -0.1) is 6.42 Å². The van der Waals surface area contributed by atoms with E-state index in [1.54, 1.807) is 0 Å². The Labute approximate surface area is 156 Å². The monoisotopic (exact) mass is 358 g/mol. The molecule has 0 amide bonds. The van der Waals surface area contributed by atoms with E-state index in [4.69, 9.17) is 6.42 Å². The molecule has 7 atom stereocenters. The third-order valence-electron chi connectivity index (χ3n) is 8.54. The highest BCUT2D eigenvalue weighted by Gasteiger charge is 2.64. The van der Waals surface area contributed by atoms with E-state index in [0.717, 1.165) is 25.7 Å². The Morgan fingerprint density at radius 3 is 2.85 bits per heavy atom. The maximum atomic E-state index is 13.5. The van der Waals surface area contributed by atoms with Gasteiger partial charge in [-0.05, 0) is 68.1 Å². The van der Waals surface area contributed by atoms with Gasteiger partial charge in [-0.25, -0.2) is 0 Å². The normalized spacial score (nSPS) is 47.8. The summed E-state index contributed by atoms with van der Waals surface area (Å²) in [5.74, 6) is 5.01. The third kappa shape index (κ3) is 2.37. The van der Waals surface area contributed by atoms with E-state index >= 15 is 0 Å². The molecule has 2 nitrogen and oxygen atoms in total. The Hall–Kier alpha value is -1.14. The van der Waals surface area contributed by atoms with Crippen LogP contribution in [0, 0.1) is 47.3 Å². The van der Waals surface area contributed by atoms with E-state index in [0.29, 0.717) is 55.1 Å². The first-order chi connectivity index (χ1) is 12.3. The Morgan fingerprint density at radius 1 is 1.38 bits per heavy atom. The number of fused-ring (bicyclic) bond motifs is 4. The third-order valence-corrected chi connectivity index (χ3v) is 8.54. The molecule has 0 aromatic heterocycles. The van der Waals surface area contributed by atoms with E-state index < -0.39 is 5.60 Å². The minimum atomic E-state index is -1.06. The predicted molar refractivity (Wildman–Crippen MR) is 100.0 cm³/mol. The lowest BCUT2D eigenvalue weighted by atomic mass is 9.47. The average Bonchev–Trinajstić information content (AvgIpc) is 2.86. The minimum Gasteiger partial charge on any atom is -0.377 e. The molecule has 3 unspecified atom stereocenters. The molecular formula is C23H31FO2. The van der Waals surface area contributed by atoms with Gasteiger partial charge in [0.05, 0.1) is 6.67 Å². The molecule has 0 bridgehead atoms. The van der Waals surface area contributed by atoms with Crippen molar-refractivity contribution in [2.45, 2.75) is 70.8 Å². The van der Waals surface area contributed by atoms with Gasteiger partial charge in [-0.2, -0.15) is 0 Å². The molecule has 0 aromatic carbocycles. The lowest BCUT2D eigenvalue weighted by molar-refractivity contribution is -0.120. The van der Waals surface area contributed by atoms with Crippen LogP contribution in [0.25, 0.3) is 0 Å². The molecule has 0 radical (unpaired) electrons. The van der Waals surface area contributed by atoms with Crippen molar-refractivity contribution in [3.8, 4) is 12.3 Å². The maximum Gasteiger partial charge on any atom is 0.137 e. The van der Waals surface area contributed by atoms with Crippen LogP contribution in [-0.2, 0) is 4.79 Å². The summed E-state index contributed by atoms with van der Waals surface area (Å²) in [5, 5.41) is 11.2. The second kappa shape index (κ2) is 6.20. The number of halogens is 1. The van der Waals surface area contributed by atoms with Crippen LogP contribution < -0.4 is 0 Å². The first-order valence-electron chi connectivity index (χ1n) is 10.3. The summed E-state index contributed by atoms with van der Waals surface area (Å²) < 4.78 is 13.5. The van der Waals surface area contributed by atoms with Crippen molar-refractivity contribution in [2.75, 3.05) is 6.67 Å². The standard InChI is InChI=1S/C23H31FO2/c1-4-23(26)9-7-19-20-14(2)11-16-12-17(25)5-6-18(16)21(20)15(8-10-24)13-22(19,23)3/h1,14-15,19-21,26H,5-13H2,2-3H3/t14-,15+,19?,20?,21?,22+,23+/m1/s1. The van der Waals surface area contributed by atoms with Gasteiger partial charge in [0.2, 0.25) is 0 Å². The highest BCUT2D eigenvalue weighted by molar-refractivity contribution is 5.82. The number of carbonyl (C=O) groups excluding carboxylic acids is 1. The molecule has 26 heavy (non-hydrogen) atoms. The zero-order valence-corrected chi connectivity index (χ0v) is 16.1. The second-order valence-electron chi connectivity index (χ2n) is 9.64. The van der Waals surface area contributed by atoms with Gasteiger partial charge in [0.15, 0.2) is 0 Å². The number of hydrogen-bond donors (Lipinski definition) is 1. The van der Waals surface area contributed by atoms with Gasteiger partial charge < -0.3 is 5.11 Å². The molecule has 0 saturated heterocycles. The van der Waals surface area contributed by atoms with Gasteiger partial charge >= 0.3 is 0 Å². The van der Waals surface area contributed by atoms with Crippen LogP contribution in [0.5, 0.6) is 0 Å². The molecule has 1 N–H and O–H groups in total. The Morgan fingerprint density at radius 2 is 2.15 bits per heavy atom. The van der Waals surface area contributed by atoms with Crippen LogP contribution in [0.3, 0.4) is 0 Å². The fraction of sp³-hybridized carbons (Fsp3) is 0.783. The van der Waals surface area contributed by atoms with Crippen molar-refractivity contribution in [1.29, 1.82) is 0 Å². The lowest BCUT2D eigenvalue weighted by Crippen LogP contribution is -2.55. The molecule has 0 heterocycles. The number of alkyl halides is 1. The molecule has 0 aliphatic heterocycles. The van der Waals surface area contributed by atoms with Crippen LogP contribution in [-0.4, -0.2) is 23.2 Å². The Bertz CT molecular complexity index is 689. The molecule has 0 spiro atoms. The molecule has 4 aliphatic carbocycles. The summed E-state index contributed by atoms with van der Waals surface area (Å²) in [6.45, 7) is 4.14. The van der Waals surface area contributed by atoms with Gasteiger partial charge in [0.1, 0.15) is 11.4 Å². The van der Waals surface area contributed by atoms with Crippen molar-refractivity contribution < 1.29 is 14.3 Å². The quantitative estimate of drug-likeness (QED) is 0.584. The summed E-state index contributed by atoms with van der Waals surface area (Å²) in [6.07, 6.45) is 11.9. The Balaban J connectivity index is 1.79. The zero-order valence-electron chi connectivity index (χ0n) is 16.1. The summed E-state index contributed by atoms with van der Waals surface area (Å²) in [6, 6.07) is 0. The first kappa shape index (κ1) is 18.2. The second-order valence-corrected chi connectivity index (χ2v) is 9.64. The van der Waals surface area contributed by atoms with Crippen molar-refractivity contribution in [1.82, 2.24) is 0 Å². The Kier molecular flexibility index (Phi) is 4.35. The molecule has 4 rings (SSSR count). The van der Waals surface area contributed by atoms with E-state index in [2.05, 4.69) is 19.8 Å². The highest BCUT2D eigenvalue weighted by atomic mass is 19.1. The van der Waals surface area contributed by atoms with Gasteiger partial charge in [-0.1, -0.05) is 30.9 Å². The van der Waals surface area contributed by atoms with E-state index in [1.807, 2.05) is 0 Å². The average molecular weight is 358 g/mol. The van der Waals surface area contributed by atoms with Crippen molar-refractivity contribution in [3.63, 3.8) is 0 Å². The van der Waals surface area contributed by atoms with Crippen LogP contribution in [0.2, 0.25) is 0 Å². The molecule has 142 valence electrons. The number of allylic oxidation sites excluding steroid dienone is 2. The number of ketones is 1. The topological polar surface area (TPSA) is 37.3 Å². The number of aliphatic hydroxyl groups is 1.